The average Bonchev–Trinajstić information content (AvgIpc) is 2.77. The molecular weight excluding hydrogens is 414 g/mol. The minimum Gasteiger partial charge on any atom is -0.480 e. The first kappa shape index (κ1) is 25.5. The number of primary amides is 1. The summed E-state index contributed by atoms with van der Waals surface area (Å²) < 4.78 is 0. The molecule has 10 heteroatoms. The summed E-state index contributed by atoms with van der Waals surface area (Å²) in [5.74, 6) is -2.00. The summed E-state index contributed by atoms with van der Waals surface area (Å²) in [5, 5.41) is 9.51. The maximum Gasteiger partial charge on any atom is 0.322 e. The van der Waals surface area contributed by atoms with E-state index in [2.05, 4.69) is 11.5 Å². The summed E-state index contributed by atoms with van der Waals surface area (Å²) in [6, 6.07) is -1.30. The van der Waals surface area contributed by atoms with Crippen molar-refractivity contribution in [3.8, 4) is 0 Å². The van der Waals surface area contributed by atoms with E-state index in [1.165, 1.54) is 17.1 Å². The van der Waals surface area contributed by atoms with E-state index >= 15 is 0 Å². The third-order valence-electron chi connectivity index (χ3n) is 6.24. The van der Waals surface area contributed by atoms with Gasteiger partial charge in [-0.25, -0.2) is 0 Å². The van der Waals surface area contributed by atoms with Gasteiger partial charge in [0.1, 0.15) is 12.1 Å². The van der Waals surface area contributed by atoms with E-state index in [4.69, 9.17) is 5.73 Å². The Morgan fingerprint density at radius 3 is 2.28 bits per heavy atom. The van der Waals surface area contributed by atoms with E-state index in [-0.39, 0.29) is 30.4 Å². The molecule has 0 bridgehead atoms. The Morgan fingerprint density at radius 1 is 1.03 bits per heavy atom. The van der Waals surface area contributed by atoms with Gasteiger partial charge in [-0.2, -0.15) is 0 Å². The van der Waals surface area contributed by atoms with Crippen molar-refractivity contribution < 1.29 is 24.3 Å². The van der Waals surface area contributed by atoms with Crippen molar-refractivity contribution >= 4 is 23.7 Å². The molecule has 0 aromatic rings. The molecule has 3 unspecified atom stereocenters. The number of nitrogens with two attached hydrogens (primary N) is 1. The van der Waals surface area contributed by atoms with Crippen LogP contribution in [0.15, 0.2) is 24.8 Å². The number of hydrogen-bond donors (Lipinski definition) is 2. The fraction of sp³-hybridized carbons (Fsp3) is 0.636. The van der Waals surface area contributed by atoms with Crippen LogP contribution in [0.1, 0.15) is 27.2 Å². The maximum absolute atomic E-state index is 12.6. The third-order valence-corrected chi connectivity index (χ3v) is 6.24. The van der Waals surface area contributed by atoms with Crippen molar-refractivity contribution in [2.75, 3.05) is 39.3 Å². The number of rotatable bonds is 8. The highest BCUT2D eigenvalue weighted by Crippen LogP contribution is 2.17. The molecule has 0 aromatic heterocycles. The van der Waals surface area contributed by atoms with E-state index < -0.39 is 24.0 Å². The number of nitrogens with zero attached hydrogens (tertiary/aromatic N) is 4. The fourth-order valence-corrected chi connectivity index (χ4v) is 4.28. The summed E-state index contributed by atoms with van der Waals surface area (Å²) in [6.07, 6.45) is 5.02. The number of aliphatic carboxylic acids is 1. The van der Waals surface area contributed by atoms with Crippen LogP contribution in [0.4, 0.5) is 0 Å². The standard InChI is InChI=1S/C22H35N5O5/c1-5-19(28)27-12-9-24(13-17(27)21(23)30)16(4)7-6-8-20(29)25-10-11-26(15(2)3)18(14-25)22(31)32/h5-6,8,15-18H,1,7,9-14H2,2-4H3,(H2,23,30)(H,31,32)/b8-6+. The Kier molecular flexibility index (Phi) is 8.97. The highest BCUT2D eigenvalue weighted by molar-refractivity contribution is 5.92. The quantitative estimate of drug-likeness (QED) is 0.479. The molecule has 32 heavy (non-hydrogen) atoms. The molecule has 10 nitrogen and oxygen atoms in total. The predicted octanol–water partition coefficient (Wildman–Crippen LogP) is -0.489. The zero-order valence-electron chi connectivity index (χ0n) is 19.1. The molecule has 0 saturated carbocycles. The summed E-state index contributed by atoms with van der Waals surface area (Å²) >= 11 is 0. The van der Waals surface area contributed by atoms with E-state index in [1.54, 1.807) is 11.0 Å². The lowest BCUT2D eigenvalue weighted by Crippen LogP contribution is -2.61. The van der Waals surface area contributed by atoms with Gasteiger partial charge in [-0.3, -0.25) is 29.0 Å². The van der Waals surface area contributed by atoms with Gasteiger partial charge in [0.2, 0.25) is 17.7 Å². The van der Waals surface area contributed by atoms with Crippen LogP contribution in [-0.4, -0.2) is 112 Å². The first-order chi connectivity index (χ1) is 15.1. The molecule has 2 saturated heterocycles. The van der Waals surface area contributed by atoms with E-state index in [1.807, 2.05) is 25.7 Å². The first-order valence-corrected chi connectivity index (χ1v) is 11.0. The lowest BCUT2D eigenvalue weighted by molar-refractivity contribution is -0.148. The second-order valence-electron chi connectivity index (χ2n) is 8.61. The minimum absolute atomic E-state index is 0.0337. The van der Waals surface area contributed by atoms with Crippen LogP contribution in [0.2, 0.25) is 0 Å². The smallest absolute Gasteiger partial charge is 0.322 e. The van der Waals surface area contributed by atoms with Crippen LogP contribution in [-0.2, 0) is 19.2 Å². The van der Waals surface area contributed by atoms with Gasteiger partial charge < -0.3 is 20.6 Å². The molecular formula is C22H35N5O5. The molecule has 3 atom stereocenters. The Morgan fingerprint density at radius 2 is 1.72 bits per heavy atom. The minimum atomic E-state index is -0.924. The van der Waals surface area contributed by atoms with E-state index in [0.29, 0.717) is 39.1 Å². The number of hydrogen-bond acceptors (Lipinski definition) is 6. The predicted molar refractivity (Wildman–Crippen MR) is 120 cm³/mol. The van der Waals surface area contributed by atoms with Crippen LogP contribution in [0.5, 0.6) is 0 Å². The lowest BCUT2D eigenvalue weighted by atomic mass is 10.1. The maximum atomic E-state index is 12.6. The average molecular weight is 450 g/mol. The van der Waals surface area contributed by atoms with Crippen molar-refractivity contribution in [2.45, 2.75) is 51.4 Å². The molecule has 0 aliphatic carbocycles. The van der Waals surface area contributed by atoms with Gasteiger partial charge in [-0.1, -0.05) is 12.7 Å². The summed E-state index contributed by atoms with van der Waals surface area (Å²) in [7, 11) is 0. The van der Waals surface area contributed by atoms with Crippen molar-refractivity contribution in [1.29, 1.82) is 0 Å². The fourth-order valence-electron chi connectivity index (χ4n) is 4.28. The van der Waals surface area contributed by atoms with Crippen LogP contribution in [0.3, 0.4) is 0 Å². The molecule has 2 fully saturated rings. The Hall–Kier alpha value is -2.72. The Labute approximate surface area is 189 Å². The van der Waals surface area contributed by atoms with Gasteiger partial charge in [-0.15, -0.1) is 0 Å². The highest BCUT2D eigenvalue weighted by Gasteiger charge is 2.36. The largest absolute Gasteiger partial charge is 0.480 e. The molecule has 2 rings (SSSR count). The molecule has 2 heterocycles. The molecule has 0 spiro atoms. The third kappa shape index (κ3) is 6.17. The second-order valence-corrected chi connectivity index (χ2v) is 8.61. The molecule has 3 N–H and O–H groups in total. The van der Waals surface area contributed by atoms with Crippen molar-refractivity contribution in [3.63, 3.8) is 0 Å². The molecule has 2 aliphatic rings. The number of carbonyl (C=O) groups is 4. The van der Waals surface area contributed by atoms with Crippen molar-refractivity contribution in [1.82, 2.24) is 19.6 Å². The van der Waals surface area contributed by atoms with Gasteiger partial charge >= 0.3 is 5.97 Å². The number of piperazine rings is 2. The molecule has 2 aliphatic heterocycles. The van der Waals surface area contributed by atoms with Gasteiger partial charge in [0.05, 0.1) is 0 Å². The second kappa shape index (κ2) is 11.2. The zero-order chi connectivity index (χ0) is 24.0. The Balaban J connectivity index is 1.91. The van der Waals surface area contributed by atoms with Crippen LogP contribution in [0.25, 0.3) is 0 Å². The molecule has 178 valence electrons. The number of carbonyl (C=O) groups excluding carboxylic acids is 3. The monoisotopic (exact) mass is 449 g/mol. The highest BCUT2D eigenvalue weighted by atomic mass is 16.4. The SMILES string of the molecule is C=CC(=O)N1CCN(C(C)C/C=C/C(=O)N2CCN(C(C)C)C(C(=O)O)C2)CC1C(N)=O. The summed E-state index contributed by atoms with van der Waals surface area (Å²) in [6.45, 7) is 11.8. The lowest BCUT2D eigenvalue weighted by Gasteiger charge is -2.42. The van der Waals surface area contributed by atoms with Gasteiger partial charge in [-0.05, 0) is 39.3 Å². The summed E-state index contributed by atoms with van der Waals surface area (Å²) in [5.41, 5.74) is 5.49. The number of carboxylic acid groups (broad SMARTS) is 1. The van der Waals surface area contributed by atoms with Gasteiger partial charge in [0.25, 0.3) is 0 Å². The van der Waals surface area contributed by atoms with Gasteiger partial charge in [0.15, 0.2) is 0 Å². The molecule has 0 aromatic carbocycles. The summed E-state index contributed by atoms with van der Waals surface area (Å²) in [4.78, 5) is 55.0. The molecule has 3 amide bonds. The van der Waals surface area contributed by atoms with Crippen LogP contribution < -0.4 is 5.73 Å². The van der Waals surface area contributed by atoms with Crippen LogP contribution in [0, 0.1) is 0 Å². The number of amides is 3. The van der Waals surface area contributed by atoms with Crippen molar-refractivity contribution in [2.24, 2.45) is 5.73 Å². The topological polar surface area (TPSA) is 127 Å². The zero-order valence-corrected chi connectivity index (χ0v) is 19.1. The normalized spacial score (nSPS) is 24.0. The Bertz CT molecular complexity index is 768. The van der Waals surface area contributed by atoms with Gasteiger partial charge in [0, 0.05) is 51.4 Å². The van der Waals surface area contributed by atoms with E-state index in [9.17, 15) is 24.3 Å². The van der Waals surface area contributed by atoms with Crippen molar-refractivity contribution in [3.05, 3.63) is 24.8 Å². The van der Waals surface area contributed by atoms with Crippen LogP contribution >= 0.6 is 0 Å². The first-order valence-electron chi connectivity index (χ1n) is 11.0. The van der Waals surface area contributed by atoms with E-state index in [0.717, 1.165) is 0 Å². The number of carboxylic acids is 1. The molecule has 0 radical (unpaired) electrons.